The highest BCUT2D eigenvalue weighted by atomic mass is 32.2. The Kier molecular flexibility index (Phi) is 5.35. The molecule has 1 saturated heterocycles. The highest BCUT2D eigenvalue weighted by Crippen LogP contribution is 2.25. The van der Waals surface area contributed by atoms with Crippen LogP contribution in [0, 0.1) is 6.92 Å². The predicted molar refractivity (Wildman–Crippen MR) is 89.0 cm³/mol. The number of aryl methyl sites for hydroxylation is 1. The second-order valence-electron chi connectivity index (χ2n) is 6.04. The molecule has 0 saturated carbocycles. The summed E-state index contributed by atoms with van der Waals surface area (Å²) in [7, 11) is -3.91. The number of piperazine rings is 1. The van der Waals surface area contributed by atoms with Crippen molar-refractivity contribution in [3.05, 3.63) is 41.8 Å². The smallest absolute Gasteiger partial charge is 0.406 e. The van der Waals surface area contributed by atoms with E-state index in [0.717, 1.165) is 24.3 Å². The normalized spacial score (nSPS) is 16.2. The molecule has 2 aromatic rings. The van der Waals surface area contributed by atoms with Crippen LogP contribution in [0.1, 0.15) is 16.2 Å². The lowest BCUT2D eigenvalue weighted by molar-refractivity contribution is -0.274. The molecular formula is C16H16F3N3O5S. The summed E-state index contributed by atoms with van der Waals surface area (Å²) >= 11 is 0. The number of benzene rings is 1. The van der Waals surface area contributed by atoms with Crippen LogP contribution in [0.2, 0.25) is 0 Å². The largest absolute Gasteiger partial charge is 0.573 e. The summed E-state index contributed by atoms with van der Waals surface area (Å²) < 4.78 is 71.7. The number of hydrogen-bond acceptors (Lipinski definition) is 6. The first-order valence-corrected chi connectivity index (χ1v) is 9.59. The maximum atomic E-state index is 12.7. The standard InChI is InChI=1S/C16H16F3N3O5S/c1-11-10-14(20-27-11)15(23)21-6-8-22(9-7-21)28(24,25)13-4-2-12(3-5-13)26-16(17,18)19/h2-5,10H,6-9H2,1H3. The third-order valence-electron chi connectivity index (χ3n) is 4.07. The van der Waals surface area contributed by atoms with E-state index in [-0.39, 0.29) is 42.7 Å². The third kappa shape index (κ3) is 4.44. The average Bonchev–Trinajstić information content (AvgIpc) is 3.07. The fraction of sp³-hybridized carbons (Fsp3) is 0.375. The van der Waals surface area contributed by atoms with Gasteiger partial charge in [0.2, 0.25) is 10.0 Å². The van der Waals surface area contributed by atoms with Gasteiger partial charge in [0, 0.05) is 32.2 Å². The fourth-order valence-electron chi connectivity index (χ4n) is 2.72. The minimum atomic E-state index is -4.86. The van der Waals surface area contributed by atoms with Crippen LogP contribution in [-0.2, 0) is 10.0 Å². The van der Waals surface area contributed by atoms with Crippen LogP contribution in [0.4, 0.5) is 13.2 Å². The summed E-state index contributed by atoms with van der Waals surface area (Å²) in [5, 5.41) is 3.65. The molecule has 1 amide bonds. The Morgan fingerprint density at radius 2 is 1.75 bits per heavy atom. The van der Waals surface area contributed by atoms with Crippen LogP contribution in [0.25, 0.3) is 0 Å². The van der Waals surface area contributed by atoms with Gasteiger partial charge in [-0.3, -0.25) is 4.79 Å². The lowest BCUT2D eigenvalue weighted by Gasteiger charge is -2.33. The zero-order valence-corrected chi connectivity index (χ0v) is 15.5. The average molecular weight is 419 g/mol. The summed E-state index contributed by atoms with van der Waals surface area (Å²) in [4.78, 5) is 13.6. The first kappa shape index (κ1) is 20.1. The zero-order chi connectivity index (χ0) is 20.5. The van der Waals surface area contributed by atoms with Gasteiger partial charge < -0.3 is 14.2 Å². The summed E-state index contributed by atoms with van der Waals surface area (Å²) in [5.41, 5.74) is 0.147. The van der Waals surface area contributed by atoms with E-state index in [1.54, 1.807) is 6.92 Å². The predicted octanol–water partition coefficient (Wildman–Crippen LogP) is 2.03. The number of nitrogens with zero attached hydrogens (tertiary/aromatic N) is 3. The van der Waals surface area contributed by atoms with Crippen molar-refractivity contribution < 1.29 is 35.6 Å². The molecule has 1 fully saturated rings. The van der Waals surface area contributed by atoms with Crippen LogP contribution in [0.5, 0.6) is 5.75 Å². The molecule has 0 atom stereocenters. The van der Waals surface area contributed by atoms with Gasteiger partial charge in [-0.1, -0.05) is 5.16 Å². The van der Waals surface area contributed by atoms with Crippen molar-refractivity contribution in [2.75, 3.05) is 26.2 Å². The second-order valence-corrected chi connectivity index (χ2v) is 7.98. The van der Waals surface area contributed by atoms with Crippen LogP contribution >= 0.6 is 0 Å². The van der Waals surface area contributed by atoms with Crippen molar-refractivity contribution in [3.63, 3.8) is 0 Å². The maximum absolute atomic E-state index is 12.7. The quantitative estimate of drug-likeness (QED) is 0.753. The van der Waals surface area contributed by atoms with E-state index in [9.17, 15) is 26.4 Å². The van der Waals surface area contributed by atoms with E-state index in [4.69, 9.17) is 4.52 Å². The van der Waals surface area contributed by atoms with Crippen molar-refractivity contribution in [3.8, 4) is 5.75 Å². The van der Waals surface area contributed by atoms with E-state index >= 15 is 0 Å². The molecule has 0 bridgehead atoms. The topological polar surface area (TPSA) is 93.0 Å². The molecule has 0 spiro atoms. The fourth-order valence-corrected chi connectivity index (χ4v) is 4.15. The number of halogens is 3. The number of ether oxygens (including phenoxy) is 1. The molecule has 1 aliphatic heterocycles. The molecule has 28 heavy (non-hydrogen) atoms. The minimum absolute atomic E-state index is 0.0473. The summed E-state index contributed by atoms with van der Waals surface area (Å²) in [6.45, 7) is 2.05. The van der Waals surface area contributed by atoms with E-state index in [2.05, 4.69) is 9.89 Å². The monoisotopic (exact) mass is 419 g/mol. The zero-order valence-electron chi connectivity index (χ0n) is 14.6. The molecule has 12 heteroatoms. The lowest BCUT2D eigenvalue weighted by Crippen LogP contribution is -2.50. The van der Waals surface area contributed by atoms with Crippen molar-refractivity contribution >= 4 is 15.9 Å². The number of carbonyl (C=O) groups excluding carboxylic acids is 1. The highest BCUT2D eigenvalue weighted by molar-refractivity contribution is 7.89. The maximum Gasteiger partial charge on any atom is 0.573 e. The highest BCUT2D eigenvalue weighted by Gasteiger charge is 2.33. The number of aromatic nitrogens is 1. The molecule has 3 rings (SSSR count). The van der Waals surface area contributed by atoms with Gasteiger partial charge in [0.1, 0.15) is 11.5 Å². The molecule has 8 nitrogen and oxygen atoms in total. The molecule has 1 aromatic carbocycles. The van der Waals surface area contributed by atoms with Gasteiger partial charge in [-0.15, -0.1) is 13.2 Å². The molecule has 2 heterocycles. The first-order chi connectivity index (χ1) is 13.1. The Labute approximate surface area is 158 Å². The molecular weight excluding hydrogens is 403 g/mol. The number of alkyl halides is 3. The van der Waals surface area contributed by atoms with Gasteiger partial charge in [0.15, 0.2) is 5.69 Å². The number of sulfonamides is 1. The number of hydrogen-bond donors (Lipinski definition) is 0. The summed E-state index contributed by atoms with van der Waals surface area (Å²) in [6, 6.07) is 5.47. The van der Waals surface area contributed by atoms with Gasteiger partial charge in [-0.05, 0) is 31.2 Å². The van der Waals surface area contributed by atoms with Crippen molar-refractivity contribution in [1.29, 1.82) is 0 Å². The SMILES string of the molecule is Cc1cc(C(=O)N2CCN(S(=O)(=O)c3ccc(OC(F)(F)F)cc3)CC2)no1. The molecule has 0 radical (unpaired) electrons. The Hall–Kier alpha value is -2.60. The van der Waals surface area contributed by atoms with Crippen LogP contribution < -0.4 is 4.74 Å². The van der Waals surface area contributed by atoms with E-state index in [1.807, 2.05) is 0 Å². The van der Waals surface area contributed by atoms with E-state index in [1.165, 1.54) is 15.3 Å². The molecule has 1 aromatic heterocycles. The van der Waals surface area contributed by atoms with Gasteiger partial charge >= 0.3 is 6.36 Å². The Balaban J connectivity index is 1.65. The molecule has 0 N–H and O–H groups in total. The third-order valence-corrected chi connectivity index (χ3v) is 5.98. The first-order valence-electron chi connectivity index (χ1n) is 8.15. The van der Waals surface area contributed by atoms with Crippen LogP contribution in [0.3, 0.4) is 0 Å². The number of rotatable bonds is 4. The van der Waals surface area contributed by atoms with Crippen LogP contribution in [0.15, 0.2) is 39.8 Å². The molecule has 0 unspecified atom stereocenters. The number of carbonyl (C=O) groups is 1. The lowest BCUT2D eigenvalue weighted by atomic mass is 10.3. The van der Waals surface area contributed by atoms with Crippen molar-refractivity contribution in [2.24, 2.45) is 0 Å². The summed E-state index contributed by atoms with van der Waals surface area (Å²) in [6.07, 6.45) is -4.86. The molecule has 152 valence electrons. The van der Waals surface area contributed by atoms with Gasteiger partial charge in [0.05, 0.1) is 4.90 Å². The van der Waals surface area contributed by atoms with Crippen molar-refractivity contribution in [1.82, 2.24) is 14.4 Å². The molecule has 0 aliphatic carbocycles. The van der Waals surface area contributed by atoms with Gasteiger partial charge in [-0.2, -0.15) is 4.31 Å². The Morgan fingerprint density at radius 1 is 1.14 bits per heavy atom. The van der Waals surface area contributed by atoms with E-state index in [0.29, 0.717) is 5.76 Å². The Morgan fingerprint density at radius 3 is 2.25 bits per heavy atom. The van der Waals surface area contributed by atoms with Gasteiger partial charge in [-0.25, -0.2) is 8.42 Å². The van der Waals surface area contributed by atoms with Crippen molar-refractivity contribution in [2.45, 2.75) is 18.2 Å². The van der Waals surface area contributed by atoms with E-state index < -0.39 is 22.1 Å². The van der Waals surface area contributed by atoms with Gasteiger partial charge in [0.25, 0.3) is 5.91 Å². The Bertz CT molecular complexity index is 949. The minimum Gasteiger partial charge on any atom is -0.406 e. The second kappa shape index (κ2) is 7.43. The van der Waals surface area contributed by atoms with Crippen LogP contribution in [-0.4, -0.2) is 61.2 Å². The molecule has 1 aliphatic rings. The summed E-state index contributed by atoms with van der Waals surface area (Å²) in [5.74, 6) is -0.380. The number of amides is 1.